The lowest BCUT2D eigenvalue weighted by Crippen LogP contribution is -2.57. The second-order valence-electron chi connectivity index (χ2n) is 4.53. The molecule has 0 aromatic carbocycles. The zero-order valence-corrected chi connectivity index (χ0v) is 8.09. The minimum atomic E-state index is -0.786. The van der Waals surface area contributed by atoms with Crippen LogP contribution in [-0.4, -0.2) is 34.5 Å². The summed E-state index contributed by atoms with van der Waals surface area (Å²) in [5.41, 5.74) is -1.57. The predicted molar refractivity (Wildman–Crippen MR) is 47.9 cm³/mol. The number of piperidine rings is 1. The third-order valence-electron chi connectivity index (χ3n) is 2.70. The lowest BCUT2D eigenvalue weighted by Gasteiger charge is -2.43. The van der Waals surface area contributed by atoms with Crippen LogP contribution in [0.4, 0.5) is 0 Å². The molecule has 0 aromatic heterocycles. The van der Waals surface area contributed by atoms with Crippen molar-refractivity contribution in [3.63, 3.8) is 0 Å². The van der Waals surface area contributed by atoms with E-state index in [9.17, 15) is 10.2 Å². The summed E-state index contributed by atoms with van der Waals surface area (Å²) in [6.45, 7) is 6.75. The van der Waals surface area contributed by atoms with Crippen LogP contribution in [-0.2, 0) is 0 Å². The van der Waals surface area contributed by atoms with Crippen LogP contribution in [0.15, 0.2) is 0 Å². The summed E-state index contributed by atoms with van der Waals surface area (Å²) in [6.07, 6.45) is 0.830. The zero-order chi connectivity index (χ0) is 9.41. The molecule has 3 nitrogen and oxygen atoms in total. The summed E-state index contributed by atoms with van der Waals surface area (Å²) < 4.78 is 0. The first-order chi connectivity index (χ1) is 5.34. The number of nitrogens with one attached hydrogen (secondary N) is 1. The van der Waals surface area contributed by atoms with Crippen molar-refractivity contribution in [2.45, 2.75) is 38.4 Å². The largest absolute Gasteiger partial charge is 0.390 e. The maximum Gasteiger partial charge on any atom is 0.0799 e. The molecule has 0 aromatic rings. The average molecular weight is 173 g/mol. The quantitative estimate of drug-likeness (QED) is 0.528. The molecule has 3 N–H and O–H groups in total. The summed E-state index contributed by atoms with van der Waals surface area (Å²) >= 11 is 0. The maximum atomic E-state index is 9.95. The molecule has 0 spiro atoms. The zero-order valence-electron chi connectivity index (χ0n) is 8.09. The van der Waals surface area contributed by atoms with Gasteiger partial charge in [0.2, 0.25) is 0 Å². The van der Waals surface area contributed by atoms with Gasteiger partial charge >= 0.3 is 0 Å². The van der Waals surface area contributed by atoms with Crippen molar-refractivity contribution < 1.29 is 10.2 Å². The lowest BCUT2D eigenvalue weighted by molar-refractivity contribution is -0.112. The third-order valence-corrected chi connectivity index (χ3v) is 2.70. The van der Waals surface area contributed by atoms with Crippen LogP contribution in [0.3, 0.4) is 0 Å². The molecule has 2 unspecified atom stereocenters. The molecule has 2 atom stereocenters. The van der Waals surface area contributed by atoms with Crippen molar-refractivity contribution in [1.82, 2.24) is 5.32 Å². The Bertz CT molecular complexity index is 160. The fraction of sp³-hybridized carbons (Fsp3) is 1.00. The Morgan fingerprint density at radius 2 is 2.08 bits per heavy atom. The highest BCUT2D eigenvalue weighted by Crippen LogP contribution is 2.32. The minimum absolute atomic E-state index is 0.0359. The van der Waals surface area contributed by atoms with Gasteiger partial charge in [-0.25, -0.2) is 0 Å². The topological polar surface area (TPSA) is 52.5 Å². The van der Waals surface area contributed by atoms with Gasteiger partial charge in [-0.05, 0) is 33.7 Å². The van der Waals surface area contributed by atoms with Crippen LogP contribution in [0, 0.1) is 5.92 Å². The van der Waals surface area contributed by atoms with Gasteiger partial charge < -0.3 is 15.5 Å². The van der Waals surface area contributed by atoms with Crippen molar-refractivity contribution in [3.05, 3.63) is 0 Å². The molecule has 1 aliphatic heterocycles. The standard InChI is InChI=1S/C9H19NO2/c1-8(2,11)7-4-5-10-6-9(7,3)12/h7,10-12H,4-6H2,1-3H3. The van der Waals surface area contributed by atoms with Crippen LogP contribution < -0.4 is 5.32 Å². The van der Waals surface area contributed by atoms with E-state index in [0.29, 0.717) is 6.54 Å². The van der Waals surface area contributed by atoms with Gasteiger partial charge in [-0.3, -0.25) is 0 Å². The number of β-amino-alcohol motifs (C(OH)–C–C–N with tert-alkyl or cyclic N) is 1. The summed E-state index contributed by atoms with van der Waals surface area (Å²) in [5.74, 6) is -0.0359. The highest BCUT2D eigenvalue weighted by atomic mass is 16.3. The maximum absolute atomic E-state index is 9.95. The molecule has 3 heteroatoms. The van der Waals surface area contributed by atoms with Crippen LogP contribution >= 0.6 is 0 Å². The Morgan fingerprint density at radius 1 is 1.50 bits per heavy atom. The van der Waals surface area contributed by atoms with Crippen molar-refractivity contribution in [1.29, 1.82) is 0 Å². The van der Waals surface area contributed by atoms with Crippen LogP contribution in [0.2, 0.25) is 0 Å². The Morgan fingerprint density at radius 3 is 2.42 bits per heavy atom. The highest BCUT2D eigenvalue weighted by molar-refractivity contribution is 4.96. The predicted octanol–water partition coefficient (Wildman–Crippen LogP) is 0.118. The molecule has 1 rings (SSSR count). The van der Waals surface area contributed by atoms with Gasteiger partial charge in [0, 0.05) is 12.5 Å². The third kappa shape index (κ3) is 1.97. The summed E-state index contributed by atoms with van der Waals surface area (Å²) in [4.78, 5) is 0. The van der Waals surface area contributed by atoms with Gasteiger partial charge in [-0.1, -0.05) is 0 Å². The Hall–Kier alpha value is -0.120. The molecule has 1 fully saturated rings. The Balaban J connectivity index is 2.73. The first-order valence-corrected chi connectivity index (χ1v) is 4.49. The van der Waals surface area contributed by atoms with Crippen LogP contribution in [0.25, 0.3) is 0 Å². The van der Waals surface area contributed by atoms with E-state index in [1.165, 1.54) is 0 Å². The van der Waals surface area contributed by atoms with Gasteiger partial charge in [0.1, 0.15) is 0 Å². The molecule has 0 amide bonds. The van der Waals surface area contributed by atoms with Crippen LogP contribution in [0.5, 0.6) is 0 Å². The number of hydrogen-bond donors (Lipinski definition) is 3. The highest BCUT2D eigenvalue weighted by Gasteiger charge is 2.42. The Kier molecular flexibility index (Phi) is 2.47. The molecule has 1 aliphatic rings. The van der Waals surface area contributed by atoms with Gasteiger partial charge in [0.25, 0.3) is 0 Å². The number of rotatable bonds is 1. The normalized spacial score (nSPS) is 38.2. The molecular weight excluding hydrogens is 154 g/mol. The second-order valence-corrected chi connectivity index (χ2v) is 4.53. The van der Waals surface area contributed by atoms with Gasteiger partial charge in [0.05, 0.1) is 11.2 Å². The van der Waals surface area contributed by atoms with Crippen molar-refractivity contribution in [3.8, 4) is 0 Å². The average Bonchev–Trinajstić information content (AvgIpc) is 1.83. The van der Waals surface area contributed by atoms with E-state index in [-0.39, 0.29) is 5.92 Å². The fourth-order valence-corrected chi connectivity index (χ4v) is 2.14. The Labute approximate surface area is 73.8 Å². The van der Waals surface area contributed by atoms with Crippen molar-refractivity contribution in [2.75, 3.05) is 13.1 Å². The minimum Gasteiger partial charge on any atom is -0.390 e. The van der Waals surface area contributed by atoms with E-state index >= 15 is 0 Å². The first-order valence-electron chi connectivity index (χ1n) is 4.49. The number of aliphatic hydroxyl groups is 2. The molecule has 0 radical (unpaired) electrons. The molecule has 1 saturated heterocycles. The number of hydrogen-bond acceptors (Lipinski definition) is 3. The fourth-order valence-electron chi connectivity index (χ4n) is 2.14. The monoisotopic (exact) mass is 173 g/mol. The smallest absolute Gasteiger partial charge is 0.0799 e. The van der Waals surface area contributed by atoms with E-state index in [2.05, 4.69) is 5.32 Å². The molecule has 0 saturated carbocycles. The SMILES string of the molecule is CC(C)(O)C1CCNCC1(C)O. The molecule has 0 bridgehead atoms. The van der Waals surface area contributed by atoms with Crippen molar-refractivity contribution in [2.24, 2.45) is 5.92 Å². The van der Waals surface area contributed by atoms with Crippen LogP contribution in [0.1, 0.15) is 27.2 Å². The molecule has 12 heavy (non-hydrogen) atoms. The molecule has 72 valence electrons. The molecule has 0 aliphatic carbocycles. The van der Waals surface area contributed by atoms with Gasteiger partial charge in [-0.2, -0.15) is 0 Å². The molecule has 1 heterocycles. The van der Waals surface area contributed by atoms with Gasteiger partial charge in [0.15, 0.2) is 0 Å². The molecular formula is C9H19NO2. The second kappa shape index (κ2) is 2.98. The summed E-state index contributed by atoms with van der Waals surface area (Å²) in [6, 6.07) is 0. The van der Waals surface area contributed by atoms with E-state index < -0.39 is 11.2 Å². The summed E-state index contributed by atoms with van der Waals surface area (Å²) in [7, 11) is 0. The lowest BCUT2D eigenvalue weighted by atomic mass is 9.74. The van der Waals surface area contributed by atoms with Gasteiger partial charge in [-0.15, -0.1) is 0 Å². The van der Waals surface area contributed by atoms with E-state index in [1.54, 1.807) is 20.8 Å². The van der Waals surface area contributed by atoms with E-state index in [1.807, 2.05) is 0 Å². The van der Waals surface area contributed by atoms with Crippen molar-refractivity contribution >= 4 is 0 Å². The first kappa shape index (κ1) is 9.96. The van der Waals surface area contributed by atoms with E-state index in [4.69, 9.17) is 0 Å². The summed E-state index contributed by atoms with van der Waals surface area (Å²) in [5, 5.41) is 22.9. The van der Waals surface area contributed by atoms with E-state index in [0.717, 1.165) is 13.0 Å².